The third kappa shape index (κ3) is 5.77. The van der Waals surface area contributed by atoms with E-state index in [9.17, 15) is 18.4 Å². The van der Waals surface area contributed by atoms with Crippen molar-refractivity contribution in [3.8, 4) is 0 Å². The second-order valence-electron chi connectivity index (χ2n) is 5.21. The lowest BCUT2D eigenvalue weighted by Gasteiger charge is -2.21. The minimum atomic E-state index is -0.879. The second-order valence-corrected chi connectivity index (χ2v) is 5.21. The van der Waals surface area contributed by atoms with Gasteiger partial charge < -0.3 is 15.1 Å². The molecule has 5 nitrogen and oxygen atoms in total. The minimum Gasteiger partial charge on any atom is -0.355 e. The van der Waals surface area contributed by atoms with E-state index >= 15 is 0 Å². The number of anilines is 1. The predicted octanol–water partition coefficient (Wildman–Crippen LogP) is 1.39. The van der Waals surface area contributed by atoms with Crippen molar-refractivity contribution in [2.24, 2.45) is 0 Å². The van der Waals surface area contributed by atoms with Gasteiger partial charge in [-0.15, -0.1) is 0 Å². The van der Waals surface area contributed by atoms with Gasteiger partial charge in [0.25, 0.3) is 0 Å². The molecule has 1 rings (SSSR count). The number of amides is 2. The van der Waals surface area contributed by atoms with E-state index < -0.39 is 23.4 Å². The highest BCUT2D eigenvalue weighted by Crippen LogP contribution is 2.20. The summed E-state index contributed by atoms with van der Waals surface area (Å²) in [6.45, 7) is 2.21. The number of nitrogens with one attached hydrogen (secondary N) is 1. The Morgan fingerprint density at radius 1 is 1.23 bits per heavy atom. The molecule has 2 amide bonds. The van der Waals surface area contributed by atoms with Gasteiger partial charge in [-0.1, -0.05) is 0 Å². The Hall–Kier alpha value is -2.02. The Morgan fingerprint density at radius 2 is 1.91 bits per heavy atom. The lowest BCUT2D eigenvalue weighted by atomic mass is 10.2. The third-order valence-electron chi connectivity index (χ3n) is 2.99. The minimum absolute atomic E-state index is 0.114. The smallest absolute Gasteiger partial charge is 0.240 e. The fourth-order valence-electron chi connectivity index (χ4n) is 1.89. The van der Waals surface area contributed by atoms with Gasteiger partial charge in [0, 0.05) is 19.5 Å². The quantitative estimate of drug-likeness (QED) is 0.774. The summed E-state index contributed by atoms with van der Waals surface area (Å²) in [5.74, 6) is -2.50. The van der Waals surface area contributed by atoms with E-state index in [1.165, 1.54) is 6.92 Å². The first kappa shape index (κ1) is 18.0. The maximum atomic E-state index is 13.7. The number of benzene rings is 1. The molecule has 0 aliphatic carbocycles. The number of carbonyl (C=O) groups excluding carboxylic acids is 2. The van der Waals surface area contributed by atoms with Crippen molar-refractivity contribution < 1.29 is 18.4 Å². The molecule has 0 unspecified atom stereocenters. The highest BCUT2D eigenvalue weighted by Gasteiger charge is 2.19. The molecule has 0 spiro atoms. The molecule has 0 atom stereocenters. The summed E-state index contributed by atoms with van der Waals surface area (Å²) in [7, 11) is 3.85. The van der Waals surface area contributed by atoms with Crippen molar-refractivity contribution in [1.82, 2.24) is 10.2 Å². The monoisotopic (exact) mass is 313 g/mol. The Bertz CT molecular complexity index is 536. The van der Waals surface area contributed by atoms with E-state index in [-0.39, 0.29) is 12.2 Å². The zero-order valence-corrected chi connectivity index (χ0v) is 13.0. The molecule has 0 heterocycles. The van der Waals surface area contributed by atoms with Gasteiger partial charge in [0.05, 0.1) is 5.69 Å². The summed E-state index contributed by atoms with van der Waals surface area (Å²) in [6.07, 6.45) is 0.768. The van der Waals surface area contributed by atoms with Crippen molar-refractivity contribution in [1.29, 1.82) is 0 Å². The van der Waals surface area contributed by atoms with E-state index in [0.29, 0.717) is 12.6 Å². The molecule has 1 aromatic rings. The Balaban J connectivity index is 2.65. The first-order valence-electron chi connectivity index (χ1n) is 6.96. The van der Waals surface area contributed by atoms with Crippen LogP contribution in [0, 0.1) is 11.6 Å². The summed E-state index contributed by atoms with van der Waals surface area (Å²) in [6, 6.07) is 2.87. The van der Waals surface area contributed by atoms with Crippen LogP contribution in [0.3, 0.4) is 0 Å². The molecule has 0 saturated heterocycles. The number of rotatable bonds is 7. The fraction of sp³-hybridized carbons (Fsp3) is 0.467. The van der Waals surface area contributed by atoms with E-state index in [2.05, 4.69) is 5.32 Å². The molecule has 1 N–H and O–H groups in total. The standard InChI is InChI=1S/C15H21F2N3O2/c1-11(21)20(14-6-5-12(16)9-13(14)17)10-15(22)18-7-4-8-19(2)3/h5-6,9H,4,7-8,10H2,1-3H3,(H,18,22). The first-order valence-corrected chi connectivity index (χ1v) is 6.96. The van der Waals surface area contributed by atoms with E-state index in [1.807, 2.05) is 19.0 Å². The molecule has 1 aromatic carbocycles. The SMILES string of the molecule is CC(=O)N(CC(=O)NCCCN(C)C)c1ccc(F)cc1F. The van der Waals surface area contributed by atoms with Crippen LogP contribution < -0.4 is 10.2 Å². The molecular weight excluding hydrogens is 292 g/mol. The number of nitrogens with zero attached hydrogens (tertiary/aromatic N) is 2. The molecule has 0 saturated carbocycles. The van der Waals surface area contributed by atoms with Crippen LogP contribution in [0.25, 0.3) is 0 Å². The number of hydrogen-bond donors (Lipinski definition) is 1. The Kier molecular flexibility index (Phi) is 6.91. The van der Waals surface area contributed by atoms with Gasteiger partial charge in [-0.25, -0.2) is 8.78 Å². The molecule has 22 heavy (non-hydrogen) atoms. The summed E-state index contributed by atoms with van der Waals surface area (Å²) in [4.78, 5) is 26.4. The van der Waals surface area contributed by atoms with Crippen molar-refractivity contribution >= 4 is 17.5 Å². The van der Waals surface area contributed by atoms with Crippen LogP contribution in [0.15, 0.2) is 18.2 Å². The maximum absolute atomic E-state index is 13.7. The topological polar surface area (TPSA) is 52.7 Å². The molecule has 0 fully saturated rings. The predicted molar refractivity (Wildman–Crippen MR) is 80.6 cm³/mol. The molecule has 7 heteroatoms. The maximum Gasteiger partial charge on any atom is 0.240 e. The number of hydrogen-bond acceptors (Lipinski definition) is 3. The highest BCUT2D eigenvalue weighted by molar-refractivity contribution is 5.97. The van der Waals surface area contributed by atoms with Crippen LogP contribution >= 0.6 is 0 Å². The molecule has 0 aliphatic heterocycles. The second kappa shape index (κ2) is 8.43. The molecule has 0 bridgehead atoms. The third-order valence-corrected chi connectivity index (χ3v) is 2.99. The Labute approximate surface area is 128 Å². The van der Waals surface area contributed by atoms with E-state index in [0.717, 1.165) is 30.0 Å². The van der Waals surface area contributed by atoms with Gasteiger partial charge in [0.15, 0.2) is 0 Å². The zero-order chi connectivity index (χ0) is 16.7. The van der Waals surface area contributed by atoms with Crippen LogP contribution in [0.2, 0.25) is 0 Å². The van der Waals surface area contributed by atoms with Crippen molar-refractivity contribution in [3.63, 3.8) is 0 Å². The summed E-state index contributed by atoms with van der Waals surface area (Å²) in [5.41, 5.74) is -0.114. The van der Waals surface area contributed by atoms with Crippen LogP contribution in [0.4, 0.5) is 14.5 Å². The summed E-state index contributed by atoms with van der Waals surface area (Å²) < 4.78 is 26.7. The first-order chi connectivity index (χ1) is 10.3. The average Bonchev–Trinajstić information content (AvgIpc) is 2.41. The molecule has 0 aliphatic rings. The van der Waals surface area contributed by atoms with Gasteiger partial charge in [0.1, 0.15) is 18.2 Å². The van der Waals surface area contributed by atoms with Crippen LogP contribution in [0.5, 0.6) is 0 Å². The van der Waals surface area contributed by atoms with Gasteiger partial charge in [-0.05, 0) is 39.2 Å². The highest BCUT2D eigenvalue weighted by atomic mass is 19.1. The molecule has 122 valence electrons. The van der Waals surface area contributed by atoms with Crippen LogP contribution in [0.1, 0.15) is 13.3 Å². The van der Waals surface area contributed by atoms with Crippen molar-refractivity contribution in [2.75, 3.05) is 38.6 Å². The van der Waals surface area contributed by atoms with E-state index in [1.54, 1.807) is 0 Å². The van der Waals surface area contributed by atoms with Crippen molar-refractivity contribution in [2.45, 2.75) is 13.3 Å². The lowest BCUT2D eigenvalue weighted by molar-refractivity contribution is -0.123. The molecule has 0 radical (unpaired) electrons. The van der Waals surface area contributed by atoms with E-state index in [4.69, 9.17) is 0 Å². The average molecular weight is 313 g/mol. The Morgan fingerprint density at radius 3 is 2.45 bits per heavy atom. The number of carbonyl (C=O) groups is 2. The summed E-state index contributed by atoms with van der Waals surface area (Å²) in [5, 5.41) is 2.67. The summed E-state index contributed by atoms with van der Waals surface area (Å²) >= 11 is 0. The van der Waals surface area contributed by atoms with Crippen LogP contribution in [-0.2, 0) is 9.59 Å². The van der Waals surface area contributed by atoms with Gasteiger partial charge in [0.2, 0.25) is 11.8 Å². The fourth-order valence-corrected chi connectivity index (χ4v) is 1.89. The van der Waals surface area contributed by atoms with Gasteiger partial charge in [-0.2, -0.15) is 0 Å². The van der Waals surface area contributed by atoms with Gasteiger partial charge >= 0.3 is 0 Å². The van der Waals surface area contributed by atoms with Gasteiger partial charge in [-0.3, -0.25) is 9.59 Å². The zero-order valence-electron chi connectivity index (χ0n) is 13.0. The largest absolute Gasteiger partial charge is 0.355 e. The number of halogens is 2. The molecular formula is C15H21F2N3O2. The lowest BCUT2D eigenvalue weighted by Crippen LogP contribution is -2.40. The van der Waals surface area contributed by atoms with Crippen molar-refractivity contribution in [3.05, 3.63) is 29.8 Å². The molecule has 0 aromatic heterocycles. The normalized spacial score (nSPS) is 10.6. The van der Waals surface area contributed by atoms with Crippen LogP contribution in [-0.4, -0.2) is 50.4 Å².